The molecule has 3 rings (SSSR count). The average molecular weight is 382 g/mol. The molecule has 0 unspecified atom stereocenters. The molecule has 0 radical (unpaired) electrons. The summed E-state index contributed by atoms with van der Waals surface area (Å²) >= 11 is 5.98. The van der Waals surface area contributed by atoms with Gasteiger partial charge in [-0.1, -0.05) is 41.9 Å². The number of aromatic carboxylic acids is 1. The highest BCUT2D eigenvalue weighted by Gasteiger charge is 2.06. The monoisotopic (exact) mass is 381 g/mol. The quantitative estimate of drug-likeness (QED) is 0.564. The molecular formula is C22H20ClNO3. The average Bonchev–Trinajstić information content (AvgIpc) is 2.66. The van der Waals surface area contributed by atoms with Crippen molar-refractivity contribution in [1.82, 2.24) is 0 Å². The number of hydrogen-bond donors (Lipinski definition) is 2. The van der Waals surface area contributed by atoms with Gasteiger partial charge in [0, 0.05) is 17.3 Å². The fraction of sp³-hybridized carbons (Fsp3) is 0.136. The van der Waals surface area contributed by atoms with Crippen molar-refractivity contribution >= 4 is 23.3 Å². The van der Waals surface area contributed by atoms with E-state index in [9.17, 15) is 4.79 Å². The Morgan fingerprint density at radius 1 is 1.04 bits per heavy atom. The molecule has 0 heterocycles. The minimum atomic E-state index is -0.931. The van der Waals surface area contributed by atoms with Crippen LogP contribution in [0, 0.1) is 6.92 Å². The molecule has 0 atom stereocenters. The van der Waals surface area contributed by atoms with Gasteiger partial charge in [-0.2, -0.15) is 0 Å². The van der Waals surface area contributed by atoms with Crippen molar-refractivity contribution in [3.05, 3.63) is 94.0 Å². The van der Waals surface area contributed by atoms with Crippen LogP contribution in [-0.4, -0.2) is 11.1 Å². The minimum absolute atomic E-state index is 0.271. The molecule has 4 nitrogen and oxygen atoms in total. The number of nitrogens with one attached hydrogen (secondary N) is 1. The van der Waals surface area contributed by atoms with Crippen LogP contribution in [-0.2, 0) is 13.2 Å². The van der Waals surface area contributed by atoms with Gasteiger partial charge in [-0.3, -0.25) is 0 Å². The highest BCUT2D eigenvalue weighted by molar-refractivity contribution is 6.30. The third-order valence-corrected chi connectivity index (χ3v) is 4.42. The molecule has 3 aromatic rings. The molecule has 0 spiro atoms. The third-order valence-electron chi connectivity index (χ3n) is 4.19. The van der Waals surface area contributed by atoms with Crippen molar-refractivity contribution in [1.29, 1.82) is 0 Å². The molecule has 3 aromatic carbocycles. The molecule has 138 valence electrons. The number of benzene rings is 3. The summed E-state index contributed by atoms with van der Waals surface area (Å²) in [6, 6.07) is 20.5. The standard InChI is InChI=1S/C22H20ClNO3/c1-15-5-8-18(22(25)26)12-21(15)24-13-16-6-9-20(10-7-16)27-14-17-3-2-4-19(23)11-17/h2-12,24H,13-14H2,1H3,(H,25,26). The van der Waals surface area contributed by atoms with Crippen molar-refractivity contribution in [2.45, 2.75) is 20.1 Å². The van der Waals surface area contributed by atoms with Gasteiger partial charge >= 0.3 is 5.97 Å². The maximum atomic E-state index is 11.1. The lowest BCUT2D eigenvalue weighted by molar-refractivity contribution is 0.0697. The highest BCUT2D eigenvalue weighted by Crippen LogP contribution is 2.20. The SMILES string of the molecule is Cc1ccc(C(=O)O)cc1NCc1ccc(OCc2cccc(Cl)c2)cc1. The molecule has 0 saturated heterocycles. The van der Waals surface area contributed by atoms with Crippen LogP contribution in [0.25, 0.3) is 0 Å². The minimum Gasteiger partial charge on any atom is -0.489 e. The largest absolute Gasteiger partial charge is 0.489 e. The summed E-state index contributed by atoms with van der Waals surface area (Å²) in [6.07, 6.45) is 0. The smallest absolute Gasteiger partial charge is 0.335 e. The summed E-state index contributed by atoms with van der Waals surface area (Å²) in [4.78, 5) is 11.1. The van der Waals surface area contributed by atoms with Gasteiger partial charge in [0.1, 0.15) is 12.4 Å². The summed E-state index contributed by atoms with van der Waals surface area (Å²) in [5, 5.41) is 13.1. The van der Waals surface area contributed by atoms with E-state index in [4.69, 9.17) is 21.4 Å². The molecular weight excluding hydrogens is 362 g/mol. The summed E-state index contributed by atoms with van der Waals surface area (Å²) < 4.78 is 5.78. The van der Waals surface area contributed by atoms with Crippen LogP contribution >= 0.6 is 11.6 Å². The number of ether oxygens (including phenoxy) is 1. The van der Waals surface area contributed by atoms with Crippen LogP contribution in [0.15, 0.2) is 66.7 Å². The number of anilines is 1. The van der Waals surface area contributed by atoms with Gasteiger partial charge in [0.25, 0.3) is 0 Å². The summed E-state index contributed by atoms with van der Waals surface area (Å²) in [5.41, 5.74) is 4.18. The highest BCUT2D eigenvalue weighted by atomic mass is 35.5. The molecule has 0 fully saturated rings. The molecule has 0 aliphatic carbocycles. The Balaban J connectivity index is 1.58. The Labute approximate surface area is 163 Å². The lowest BCUT2D eigenvalue weighted by Gasteiger charge is -2.11. The van der Waals surface area contributed by atoms with Gasteiger partial charge in [0.15, 0.2) is 0 Å². The predicted molar refractivity (Wildman–Crippen MR) is 108 cm³/mol. The summed E-state index contributed by atoms with van der Waals surface area (Å²) in [6.45, 7) is 3.00. The van der Waals surface area contributed by atoms with Crippen LogP contribution < -0.4 is 10.1 Å². The van der Waals surface area contributed by atoms with E-state index in [-0.39, 0.29) is 5.56 Å². The number of rotatable bonds is 7. The molecule has 2 N–H and O–H groups in total. The van der Waals surface area contributed by atoms with Gasteiger partial charge in [-0.25, -0.2) is 4.79 Å². The van der Waals surface area contributed by atoms with Crippen molar-refractivity contribution in [3.63, 3.8) is 0 Å². The number of halogens is 1. The molecule has 0 aliphatic heterocycles. The lowest BCUT2D eigenvalue weighted by Crippen LogP contribution is -2.04. The fourth-order valence-corrected chi connectivity index (χ4v) is 2.85. The maximum absolute atomic E-state index is 11.1. The van der Waals surface area contributed by atoms with E-state index >= 15 is 0 Å². The maximum Gasteiger partial charge on any atom is 0.335 e. The van der Waals surface area contributed by atoms with Crippen LogP contribution in [0.2, 0.25) is 5.02 Å². The number of carboxylic acids is 1. The van der Waals surface area contributed by atoms with E-state index in [2.05, 4.69) is 5.32 Å². The van der Waals surface area contributed by atoms with E-state index in [1.54, 1.807) is 18.2 Å². The number of carboxylic acid groups (broad SMARTS) is 1. The fourth-order valence-electron chi connectivity index (χ4n) is 2.64. The van der Waals surface area contributed by atoms with Crippen molar-refractivity contribution in [2.24, 2.45) is 0 Å². The zero-order chi connectivity index (χ0) is 19.2. The second-order valence-corrected chi connectivity index (χ2v) is 6.69. The Bertz CT molecular complexity index is 939. The molecule has 0 bridgehead atoms. The lowest BCUT2D eigenvalue weighted by atomic mass is 10.1. The number of aryl methyl sites for hydroxylation is 1. The summed E-state index contributed by atoms with van der Waals surface area (Å²) in [5.74, 6) is -0.151. The van der Waals surface area contributed by atoms with Gasteiger partial charge in [0.05, 0.1) is 5.56 Å². The first-order chi connectivity index (χ1) is 13.0. The van der Waals surface area contributed by atoms with Crippen LogP contribution in [0.5, 0.6) is 5.75 Å². The van der Waals surface area contributed by atoms with Crippen LogP contribution in [0.1, 0.15) is 27.0 Å². The Kier molecular flexibility index (Phi) is 5.99. The zero-order valence-electron chi connectivity index (χ0n) is 14.9. The molecule has 0 saturated carbocycles. The molecule has 0 aromatic heterocycles. The van der Waals surface area contributed by atoms with E-state index in [0.29, 0.717) is 18.2 Å². The Hall–Kier alpha value is -2.98. The normalized spacial score (nSPS) is 10.4. The van der Waals surface area contributed by atoms with E-state index in [1.165, 1.54) is 0 Å². The third kappa shape index (κ3) is 5.25. The summed E-state index contributed by atoms with van der Waals surface area (Å²) in [7, 11) is 0. The van der Waals surface area contributed by atoms with Crippen molar-refractivity contribution < 1.29 is 14.6 Å². The number of hydrogen-bond acceptors (Lipinski definition) is 3. The Morgan fingerprint density at radius 2 is 1.81 bits per heavy atom. The first kappa shape index (κ1) is 18.8. The number of carbonyl (C=O) groups is 1. The second-order valence-electron chi connectivity index (χ2n) is 6.25. The topological polar surface area (TPSA) is 58.6 Å². The van der Waals surface area contributed by atoms with Gasteiger partial charge in [-0.15, -0.1) is 0 Å². The molecule has 5 heteroatoms. The molecule has 0 aliphatic rings. The first-order valence-corrected chi connectivity index (χ1v) is 8.93. The van der Waals surface area contributed by atoms with E-state index in [0.717, 1.165) is 28.1 Å². The van der Waals surface area contributed by atoms with Crippen LogP contribution in [0.3, 0.4) is 0 Å². The van der Waals surface area contributed by atoms with Crippen molar-refractivity contribution in [3.8, 4) is 5.75 Å². The Morgan fingerprint density at radius 3 is 2.52 bits per heavy atom. The van der Waals surface area contributed by atoms with E-state index < -0.39 is 5.97 Å². The second kappa shape index (κ2) is 8.60. The van der Waals surface area contributed by atoms with Crippen molar-refractivity contribution in [2.75, 3.05) is 5.32 Å². The molecule has 27 heavy (non-hydrogen) atoms. The first-order valence-electron chi connectivity index (χ1n) is 8.55. The van der Waals surface area contributed by atoms with Crippen LogP contribution in [0.4, 0.5) is 5.69 Å². The van der Waals surface area contributed by atoms with Gasteiger partial charge in [-0.05, 0) is 60.0 Å². The predicted octanol–water partition coefficient (Wildman–Crippen LogP) is 5.54. The van der Waals surface area contributed by atoms with Gasteiger partial charge in [0.2, 0.25) is 0 Å². The molecule has 0 amide bonds. The van der Waals surface area contributed by atoms with Gasteiger partial charge < -0.3 is 15.2 Å². The zero-order valence-corrected chi connectivity index (χ0v) is 15.7. The van der Waals surface area contributed by atoms with E-state index in [1.807, 2.05) is 55.5 Å².